The monoisotopic (exact) mass is 265 g/mol. The smallest absolute Gasteiger partial charge is 0.335 e. The summed E-state index contributed by atoms with van der Waals surface area (Å²) >= 11 is 0. The Morgan fingerprint density at radius 3 is 2.68 bits per heavy atom. The minimum Gasteiger partial charge on any atom is -0.478 e. The van der Waals surface area contributed by atoms with Crippen LogP contribution in [0.2, 0.25) is 0 Å². The van der Waals surface area contributed by atoms with Crippen molar-refractivity contribution in [1.82, 2.24) is 0 Å². The van der Waals surface area contributed by atoms with E-state index in [1.54, 1.807) is 13.0 Å². The lowest BCUT2D eigenvalue weighted by atomic mass is 10.1. The van der Waals surface area contributed by atoms with Gasteiger partial charge in [0.05, 0.1) is 5.56 Å². The quantitative estimate of drug-likeness (QED) is 0.742. The molecule has 0 heterocycles. The van der Waals surface area contributed by atoms with E-state index in [0.717, 1.165) is 5.56 Å². The van der Waals surface area contributed by atoms with Crippen molar-refractivity contribution in [1.29, 1.82) is 0 Å². The second-order valence-corrected chi connectivity index (χ2v) is 4.18. The third kappa shape index (κ3) is 5.09. The predicted molar refractivity (Wildman–Crippen MR) is 72.5 cm³/mol. The lowest BCUT2D eigenvalue weighted by Gasteiger charge is -2.09. The van der Waals surface area contributed by atoms with E-state index in [1.165, 1.54) is 12.1 Å². The average Bonchev–Trinajstić information content (AvgIpc) is 2.37. The van der Waals surface area contributed by atoms with Crippen molar-refractivity contribution < 1.29 is 19.4 Å². The van der Waals surface area contributed by atoms with Crippen LogP contribution in [0.5, 0.6) is 0 Å². The maximum absolute atomic E-state index is 11.7. The van der Waals surface area contributed by atoms with Crippen LogP contribution in [0.15, 0.2) is 18.2 Å². The van der Waals surface area contributed by atoms with Gasteiger partial charge in [-0.25, -0.2) is 4.79 Å². The fourth-order valence-electron chi connectivity index (χ4n) is 1.63. The number of nitrogens with one attached hydrogen (secondary N) is 1. The molecule has 0 atom stereocenters. The molecular formula is C14H19NO4. The number of anilines is 1. The molecular weight excluding hydrogens is 246 g/mol. The van der Waals surface area contributed by atoms with Crippen LogP contribution in [-0.2, 0) is 9.53 Å². The third-order valence-electron chi connectivity index (χ3n) is 2.64. The second-order valence-electron chi connectivity index (χ2n) is 4.18. The molecule has 0 aliphatic carbocycles. The Hall–Kier alpha value is -1.88. The largest absolute Gasteiger partial charge is 0.478 e. The normalized spacial score (nSPS) is 10.2. The van der Waals surface area contributed by atoms with E-state index in [2.05, 4.69) is 5.32 Å². The van der Waals surface area contributed by atoms with Gasteiger partial charge in [0.2, 0.25) is 5.91 Å². The summed E-state index contributed by atoms with van der Waals surface area (Å²) < 4.78 is 5.15. The van der Waals surface area contributed by atoms with Gasteiger partial charge in [-0.15, -0.1) is 0 Å². The van der Waals surface area contributed by atoms with Crippen molar-refractivity contribution >= 4 is 17.6 Å². The molecule has 104 valence electrons. The highest BCUT2D eigenvalue weighted by Gasteiger charge is 2.08. The van der Waals surface area contributed by atoms with Gasteiger partial charge in [0.15, 0.2) is 0 Å². The first-order valence-electron chi connectivity index (χ1n) is 6.26. The summed E-state index contributed by atoms with van der Waals surface area (Å²) in [4.78, 5) is 22.5. The minimum atomic E-state index is -0.974. The maximum Gasteiger partial charge on any atom is 0.335 e. The average molecular weight is 265 g/mol. The van der Waals surface area contributed by atoms with Crippen LogP contribution in [0.25, 0.3) is 0 Å². The second kappa shape index (κ2) is 7.53. The molecule has 1 aromatic carbocycles. The number of hydrogen-bond donors (Lipinski definition) is 2. The fourth-order valence-corrected chi connectivity index (χ4v) is 1.63. The molecule has 0 fully saturated rings. The number of benzene rings is 1. The molecule has 0 saturated heterocycles. The number of hydrogen-bond acceptors (Lipinski definition) is 3. The molecule has 5 nitrogen and oxygen atoms in total. The predicted octanol–water partition coefficient (Wildman–Crippen LogP) is 2.45. The molecule has 0 unspecified atom stereocenters. The summed E-state index contributed by atoms with van der Waals surface area (Å²) in [5.74, 6) is -1.07. The summed E-state index contributed by atoms with van der Waals surface area (Å²) in [5, 5.41) is 11.6. The summed E-state index contributed by atoms with van der Waals surface area (Å²) in [6, 6.07) is 4.63. The lowest BCUT2D eigenvalue weighted by molar-refractivity contribution is -0.116. The van der Waals surface area contributed by atoms with Crippen molar-refractivity contribution in [2.24, 2.45) is 0 Å². The third-order valence-corrected chi connectivity index (χ3v) is 2.64. The van der Waals surface area contributed by atoms with E-state index in [1.807, 2.05) is 6.92 Å². The first-order chi connectivity index (χ1) is 9.04. The van der Waals surface area contributed by atoms with Crippen LogP contribution >= 0.6 is 0 Å². The van der Waals surface area contributed by atoms with Crippen LogP contribution in [0.4, 0.5) is 5.69 Å². The summed E-state index contributed by atoms with van der Waals surface area (Å²) in [7, 11) is 0. The standard InChI is InChI=1S/C14H19NO4/c1-3-19-8-4-5-13(16)15-12-7-6-11(14(17)18)9-10(12)2/h6-7,9H,3-5,8H2,1-2H3,(H,15,16)(H,17,18). The highest BCUT2D eigenvalue weighted by atomic mass is 16.5. The van der Waals surface area contributed by atoms with Gasteiger partial charge in [-0.05, 0) is 44.0 Å². The van der Waals surface area contributed by atoms with Crippen molar-refractivity contribution in [2.45, 2.75) is 26.7 Å². The van der Waals surface area contributed by atoms with Gasteiger partial charge in [0, 0.05) is 25.3 Å². The number of ether oxygens (including phenoxy) is 1. The number of carboxylic acid groups (broad SMARTS) is 1. The SMILES string of the molecule is CCOCCCC(=O)Nc1ccc(C(=O)O)cc1C. The number of aryl methyl sites for hydroxylation is 1. The Labute approximate surface area is 112 Å². The number of rotatable bonds is 7. The van der Waals surface area contributed by atoms with Crippen LogP contribution in [0, 0.1) is 6.92 Å². The first-order valence-corrected chi connectivity index (χ1v) is 6.26. The van der Waals surface area contributed by atoms with E-state index in [4.69, 9.17) is 9.84 Å². The molecule has 1 rings (SSSR count). The van der Waals surface area contributed by atoms with Gasteiger partial charge in [-0.1, -0.05) is 0 Å². The molecule has 0 spiro atoms. The van der Waals surface area contributed by atoms with Gasteiger partial charge < -0.3 is 15.2 Å². The number of amides is 1. The molecule has 0 radical (unpaired) electrons. The molecule has 0 aromatic heterocycles. The highest BCUT2D eigenvalue weighted by Crippen LogP contribution is 2.17. The van der Waals surface area contributed by atoms with Crippen LogP contribution in [-0.4, -0.2) is 30.2 Å². The molecule has 0 aliphatic rings. The van der Waals surface area contributed by atoms with Crippen molar-refractivity contribution in [3.05, 3.63) is 29.3 Å². The Bertz CT molecular complexity index is 457. The van der Waals surface area contributed by atoms with Gasteiger partial charge >= 0.3 is 5.97 Å². The summed E-state index contributed by atoms with van der Waals surface area (Å²) in [5.41, 5.74) is 1.59. The van der Waals surface area contributed by atoms with E-state index in [0.29, 0.717) is 31.7 Å². The Balaban J connectivity index is 2.52. The first kappa shape index (κ1) is 15.2. The highest BCUT2D eigenvalue weighted by molar-refractivity contribution is 5.93. The Morgan fingerprint density at radius 2 is 2.11 bits per heavy atom. The van der Waals surface area contributed by atoms with E-state index >= 15 is 0 Å². The van der Waals surface area contributed by atoms with E-state index in [9.17, 15) is 9.59 Å². The van der Waals surface area contributed by atoms with Gasteiger partial charge in [-0.3, -0.25) is 4.79 Å². The van der Waals surface area contributed by atoms with E-state index < -0.39 is 5.97 Å². The van der Waals surface area contributed by atoms with E-state index in [-0.39, 0.29) is 11.5 Å². The Morgan fingerprint density at radius 1 is 1.37 bits per heavy atom. The topological polar surface area (TPSA) is 75.6 Å². The van der Waals surface area contributed by atoms with Crippen LogP contribution < -0.4 is 5.32 Å². The number of carboxylic acids is 1. The Kier molecular flexibility index (Phi) is 6.02. The number of aromatic carboxylic acids is 1. The zero-order valence-corrected chi connectivity index (χ0v) is 11.2. The van der Waals surface area contributed by atoms with Gasteiger partial charge in [-0.2, -0.15) is 0 Å². The fraction of sp³-hybridized carbons (Fsp3) is 0.429. The minimum absolute atomic E-state index is 0.0918. The van der Waals surface area contributed by atoms with Crippen LogP contribution in [0.3, 0.4) is 0 Å². The molecule has 19 heavy (non-hydrogen) atoms. The maximum atomic E-state index is 11.7. The zero-order valence-electron chi connectivity index (χ0n) is 11.2. The van der Waals surface area contributed by atoms with Crippen molar-refractivity contribution in [3.8, 4) is 0 Å². The summed E-state index contributed by atoms with van der Waals surface area (Å²) in [6.07, 6.45) is 1.06. The molecule has 0 saturated carbocycles. The number of carbonyl (C=O) groups excluding carboxylic acids is 1. The molecule has 2 N–H and O–H groups in total. The molecule has 1 amide bonds. The molecule has 0 aliphatic heterocycles. The van der Waals surface area contributed by atoms with Crippen molar-refractivity contribution in [3.63, 3.8) is 0 Å². The molecule has 0 bridgehead atoms. The molecule has 5 heteroatoms. The zero-order chi connectivity index (χ0) is 14.3. The van der Waals surface area contributed by atoms with Crippen molar-refractivity contribution in [2.75, 3.05) is 18.5 Å². The van der Waals surface area contributed by atoms with Gasteiger partial charge in [0.1, 0.15) is 0 Å². The van der Waals surface area contributed by atoms with Gasteiger partial charge in [0.25, 0.3) is 0 Å². The lowest BCUT2D eigenvalue weighted by Crippen LogP contribution is -2.13. The number of carbonyl (C=O) groups is 2. The summed E-state index contributed by atoms with van der Waals surface area (Å²) in [6.45, 7) is 4.90. The molecule has 1 aromatic rings. The van der Waals surface area contributed by atoms with Crippen LogP contribution in [0.1, 0.15) is 35.7 Å².